The van der Waals surface area contributed by atoms with E-state index in [1.54, 1.807) is 12.1 Å². The van der Waals surface area contributed by atoms with Gasteiger partial charge in [0.25, 0.3) is 0 Å². The number of aromatic amines is 1. The van der Waals surface area contributed by atoms with Crippen LogP contribution >= 0.6 is 11.6 Å². The zero-order chi connectivity index (χ0) is 10.3. The van der Waals surface area contributed by atoms with Crippen LogP contribution in [0.25, 0.3) is 10.9 Å². The normalized spacial score (nSPS) is 10.7. The van der Waals surface area contributed by atoms with Gasteiger partial charge >= 0.3 is 5.97 Å². The van der Waals surface area contributed by atoms with Crippen LogP contribution in [0.3, 0.4) is 0 Å². The van der Waals surface area contributed by atoms with Gasteiger partial charge in [0, 0.05) is 10.4 Å². The number of aromatic carboxylic acids is 1. The Hall–Kier alpha value is -1.48. The van der Waals surface area contributed by atoms with Crippen molar-refractivity contribution in [3.8, 4) is 0 Å². The van der Waals surface area contributed by atoms with Crippen LogP contribution in [0.1, 0.15) is 16.1 Å². The van der Waals surface area contributed by atoms with Gasteiger partial charge in [-0.05, 0) is 24.6 Å². The van der Waals surface area contributed by atoms with E-state index in [0.717, 1.165) is 16.5 Å². The summed E-state index contributed by atoms with van der Waals surface area (Å²) in [6.07, 6.45) is 0. The molecule has 3 nitrogen and oxygen atoms in total. The highest BCUT2D eigenvalue weighted by Crippen LogP contribution is 2.26. The first kappa shape index (κ1) is 9.09. The van der Waals surface area contributed by atoms with Gasteiger partial charge in [-0.25, -0.2) is 4.79 Å². The van der Waals surface area contributed by atoms with Crippen LogP contribution in [0, 0.1) is 6.92 Å². The van der Waals surface area contributed by atoms with E-state index in [0.29, 0.717) is 5.02 Å². The summed E-state index contributed by atoms with van der Waals surface area (Å²) in [5.41, 5.74) is 1.93. The van der Waals surface area contributed by atoms with Gasteiger partial charge in [0.15, 0.2) is 0 Å². The summed E-state index contributed by atoms with van der Waals surface area (Å²) in [6, 6.07) is 5.17. The maximum Gasteiger partial charge on any atom is 0.352 e. The number of benzene rings is 1. The highest BCUT2D eigenvalue weighted by Gasteiger charge is 2.10. The molecule has 0 amide bonds. The second-order valence-corrected chi connectivity index (χ2v) is 3.55. The molecule has 4 heteroatoms. The highest BCUT2D eigenvalue weighted by atomic mass is 35.5. The van der Waals surface area contributed by atoms with Gasteiger partial charge in [-0.2, -0.15) is 0 Å². The Morgan fingerprint density at radius 3 is 2.79 bits per heavy atom. The molecular formula is C10H8ClNO2. The molecule has 0 spiro atoms. The molecule has 0 bridgehead atoms. The first-order chi connectivity index (χ1) is 6.59. The van der Waals surface area contributed by atoms with E-state index >= 15 is 0 Å². The fraction of sp³-hybridized carbons (Fsp3) is 0.100. The van der Waals surface area contributed by atoms with Crippen molar-refractivity contribution in [3.63, 3.8) is 0 Å². The Bertz CT molecular complexity index is 477. The van der Waals surface area contributed by atoms with Crippen LogP contribution in [0.2, 0.25) is 5.02 Å². The zero-order valence-electron chi connectivity index (χ0n) is 7.47. The van der Waals surface area contributed by atoms with E-state index in [9.17, 15) is 4.79 Å². The van der Waals surface area contributed by atoms with E-state index in [1.165, 1.54) is 0 Å². The minimum atomic E-state index is -0.975. The number of carboxylic acids is 1. The van der Waals surface area contributed by atoms with Gasteiger partial charge in [0.05, 0.1) is 5.52 Å². The summed E-state index contributed by atoms with van der Waals surface area (Å²) in [6.45, 7) is 1.90. The van der Waals surface area contributed by atoms with Crippen LogP contribution in [0.4, 0.5) is 0 Å². The predicted molar refractivity (Wildman–Crippen MR) is 55.0 cm³/mol. The summed E-state index contributed by atoms with van der Waals surface area (Å²) < 4.78 is 0. The van der Waals surface area contributed by atoms with Crippen molar-refractivity contribution in [2.75, 3.05) is 0 Å². The molecule has 0 atom stereocenters. The summed E-state index contributed by atoms with van der Waals surface area (Å²) >= 11 is 5.93. The smallest absolute Gasteiger partial charge is 0.352 e. The molecule has 0 aliphatic carbocycles. The van der Waals surface area contributed by atoms with E-state index < -0.39 is 5.97 Å². The number of hydrogen-bond acceptors (Lipinski definition) is 1. The molecular weight excluding hydrogens is 202 g/mol. The molecule has 0 saturated heterocycles. The molecule has 0 aliphatic heterocycles. The lowest BCUT2D eigenvalue weighted by molar-refractivity contribution is 0.0691. The van der Waals surface area contributed by atoms with Crippen LogP contribution in [0.15, 0.2) is 18.2 Å². The maximum atomic E-state index is 10.7. The number of nitrogens with one attached hydrogen (secondary N) is 1. The Morgan fingerprint density at radius 1 is 1.50 bits per heavy atom. The molecule has 1 heterocycles. The van der Waals surface area contributed by atoms with Gasteiger partial charge in [-0.1, -0.05) is 17.7 Å². The Morgan fingerprint density at radius 2 is 2.21 bits per heavy atom. The van der Waals surface area contributed by atoms with Gasteiger partial charge < -0.3 is 10.1 Å². The van der Waals surface area contributed by atoms with Gasteiger partial charge in [-0.15, -0.1) is 0 Å². The molecule has 0 radical (unpaired) electrons. The molecule has 72 valence electrons. The minimum absolute atomic E-state index is 0.163. The Kier molecular flexibility index (Phi) is 1.97. The number of halogens is 1. The van der Waals surface area contributed by atoms with Crippen LogP contribution in [-0.2, 0) is 0 Å². The highest BCUT2D eigenvalue weighted by molar-refractivity contribution is 6.35. The molecule has 2 aromatic rings. The van der Waals surface area contributed by atoms with E-state index in [-0.39, 0.29) is 5.69 Å². The third-order valence-electron chi connectivity index (χ3n) is 2.18. The van der Waals surface area contributed by atoms with Gasteiger partial charge in [0.2, 0.25) is 0 Å². The molecule has 1 aromatic carbocycles. The second-order valence-electron chi connectivity index (χ2n) is 3.14. The molecule has 0 aliphatic rings. The lowest BCUT2D eigenvalue weighted by atomic mass is 10.2. The molecule has 0 saturated carbocycles. The van der Waals surface area contributed by atoms with Crippen molar-refractivity contribution in [2.45, 2.75) is 6.92 Å². The zero-order valence-corrected chi connectivity index (χ0v) is 8.22. The fourth-order valence-electron chi connectivity index (χ4n) is 1.44. The lowest BCUT2D eigenvalue weighted by Crippen LogP contribution is -1.94. The SMILES string of the molecule is Cc1ccc(Cl)c2cc(C(=O)O)[nH]c12. The van der Waals surface area contributed by atoms with E-state index in [4.69, 9.17) is 16.7 Å². The monoisotopic (exact) mass is 209 g/mol. The largest absolute Gasteiger partial charge is 0.477 e. The average Bonchev–Trinajstić information content (AvgIpc) is 2.57. The fourth-order valence-corrected chi connectivity index (χ4v) is 1.65. The van der Waals surface area contributed by atoms with Crippen LogP contribution < -0.4 is 0 Å². The second kappa shape index (κ2) is 3.03. The molecule has 14 heavy (non-hydrogen) atoms. The molecule has 0 fully saturated rings. The lowest BCUT2D eigenvalue weighted by Gasteiger charge is -1.96. The number of carboxylic acid groups (broad SMARTS) is 1. The van der Waals surface area contributed by atoms with Crippen molar-refractivity contribution in [1.82, 2.24) is 4.98 Å². The van der Waals surface area contributed by atoms with Crippen molar-refractivity contribution in [3.05, 3.63) is 34.5 Å². The Labute approximate surface area is 85.3 Å². The molecule has 1 aromatic heterocycles. The van der Waals surface area contributed by atoms with Crippen molar-refractivity contribution >= 4 is 28.5 Å². The summed E-state index contributed by atoms with van der Waals surface area (Å²) in [5, 5.41) is 10.1. The van der Waals surface area contributed by atoms with Gasteiger partial charge in [0.1, 0.15) is 5.69 Å². The summed E-state index contributed by atoms with van der Waals surface area (Å²) in [4.78, 5) is 13.5. The third kappa shape index (κ3) is 1.26. The summed E-state index contributed by atoms with van der Waals surface area (Å²) in [5.74, 6) is -0.975. The topological polar surface area (TPSA) is 53.1 Å². The standard InChI is InChI=1S/C10H8ClNO2/c1-5-2-3-7(11)6-4-8(10(13)14)12-9(5)6/h2-4,12H,1H3,(H,13,14). The Balaban J connectivity index is 2.82. The van der Waals surface area contributed by atoms with E-state index in [2.05, 4.69) is 4.98 Å². The van der Waals surface area contributed by atoms with Crippen LogP contribution in [0.5, 0.6) is 0 Å². The number of carbonyl (C=O) groups is 1. The van der Waals surface area contributed by atoms with Crippen LogP contribution in [-0.4, -0.2) is 16.1 Å². The molecule has 0 unspecified atom stereocenters. The third-order valence-corrected chi connectivity index (χ3v) is 2.51. The first-order valence-corrected chi connectivity index (χ1v) is 4.48. The summed E-state index contributed by atoms with van der Waals surface area (Å²) in [7, 11) is 0. The van der Waals surface area contributed by atoms with Crippen molar-refractivity contribution in [2.24, 2.45) is 0 Å². The van der Waals surface area contributed by atoms with Crippen molar-refractivity contribution in [1.29, 1.82) is 0 Å². The number of H-pyrrole nitrogens is 1. The van der Waals surface area contributed by atoms with Gasteiger partial charge in [-0.3, -0.25) is 0 Å². The maximum absolute atomic E-state index is 10.7. The number of hydrogen-bond donors (Lipinski definition) is 2. The van der Waals surface area contributed by atoms with E-state index in [1.807, 2.05) is 13.0 Å². The number of aryl methyl sites for hydroxylation is 1. The molecule has 2 N–H and O–H groups in total. The number of fused-ring (bicyclic) bond motifs is 1. The quantitative estimate of drug-likeness (QED) is 0.759. The number of aromatic nitrogens is 1. The minimum Gasteiger partial charge on any atom is -0.477 e. The predicted octanol–water partition coefficient (Wildman–Crippen LogP) is 2.83. The first-order valence-electron chi connectivity index (χ1n) is 4.10. The molecule has 2 rings (SSSR count). The van der Waals surface area contributed by atoms with Crippen molar-refractivity contribution < 1.29 is 9.90 Å². The number of rotatable bonds is 1. The average molecular weight is 210 g/mol.